The Kier molecular flexibility index (Phi) is 2.51. The Bertz CT molecular complexity index is 629. The molecule has 0 saturated heterocycles. The molecule has 0 radical (unpaired) electrons. The molecule has 1 aromatic heterocycles. The van der Waals surface area contributed by atoms with Crippen molar-refractivity contribution in [3.05, 3.63) is 36.4 Å². The van der Waals surface area contributed by atoms with E-state index >= 15 is 0 Å². The fourth-order valence-electron chi connectivity index (χ4n) is 1.27. The van der Waals surface area contributed by atoms with Crippen LogP contribution < -0.4 is 15.9 Å². The van der Waals surface area contributed by atoms with Gasteiger partial charge in [-0.3, -0.25) is 9.59 Å². The second-order valence-electron chi connectivity index (χ2n) is 2.94. The number of aromatic nitrogens is 2. The minimum absolute atomic E-state index is 0.553. The molecule has 0 aliphatic rings. The molecule has 15 heavy (non-hydrogen) atoms. The summed E-state index contributed by atoms with van der Waals surface area (Å²) >= 11 is 2.09. The highest BCUT2D eigenvalue weighted by Crippen LogP contribution is 2.23. The van der Waals surface area contributed by atoms with Gasteiger partial charge >= 0.3 is 11.1 Å². The lowest BCUT2D eigenvalue weighted by molar-refractivity contribution is 0.412. The number of rotatable bonds is 1. The Balaban J connectivity index is 2.88. The van der Waals surface area contributed by atoms with E-state index in [-0.39, 0.29) is 0 Å². The molecule has 0 unspecified atom stereocenters. The largest absolute Gasteiger partial charge is 0.496 e. The van der Waals surface area contributed by atoms with Crippen LogP contribution >= 0.6 is 22.6 Å². The first-order valence-corrected chi connectivity index (χ1v) is 5.19. The molecule has 0 aliphatic heterocycles. The number of hydrogen-bond donors (Lipinski definition) is 2. The normalized spacial score (nSPS) is 10.5. The van der Waals surface area contributed by atoms with Crippen molar-refractivity contribution in [3.63, 3.8) is 0 Å². The van der Waals surface area contributed by atoms with Crippen molar-refractivity contribution >= 4 is 33.6 Å². The molecule has 6 heteroatoms. The summed E-state index contributed by atoms with van der Waals surface area (Å²) < 4.78 is 5.97. The number of hydrogen-bond acceptors (Lipinski definition) is 3. The Morgan fingerprint density at radius 2 is 1.67 bits per heavy atom. The van der Waals surface area contributed by atoms with E-state index in [0.717, 1.165) is 3.57 Å². The van der Waals surface area contributed by atoms with Gasteiger partial charge in [0.15, 0.2) is 0 Å². The number of nitrogens with one attached hydrogen (secondary N) is 2. The van der Waals surface area contributed by atoms with Crippen LogP contribution in [0.5, 0.6) is 5.75 Å². The van der Waals surface area contributed by atoms with Crippen molar-refractivity contribution in [2.75, 3.05) is 7.11 Å². The van der Waals surface area contributed by atoms with E-state index in [1.165, 1.54) is 0 Å². The number of aromatic amines is 2. The highest BCUT2D eigenvalue weighted by Gasteiger charge is 2.05. The number of H-pyrrole nitrogens is 2. The Morgan fingerprint density at radius 3 is 2.20 bits per heavy atom. The summed E-state index contributed by atoms with van der Waals surface area (Å²) in [5, 5.41) is 0. The van der Waals surface area contributed by atoms with E-state index in [2.05, 4.69) is 32.6 Å². The van der Waals surface area contributed by atoms with Crippen LogP contribution in [0.2, 0.25) is 0 Å². The Morgan fingerprint density at radius 1 is 1.13 bits per heavy atom. The lowest BCUT2D eigenvalue weighted by atomic mass is 10.3. The van der Waals surface area contributed by atoms with E-state index in [9.17, 15) is 9.59 Å². The van der Waals surface area contributed by atoms with Crippen molar-refractivity contribution in [1.82, 2.24) is 9.97 Å². The minimum Gasteiger partial charge on any atom is -0.496 e. The SMILES string of the molecule is COc1cc2[nH]c(=O)c(=O)[nH]c2cc1I. The molecule has 2 rings (SSSR count). The summed E-state index contributed by atoms with van der Waals surface area (Å²) in [4.78, 5) is 27.1. The monoisotopic (exact) mass is 318 g/mol. The summed E-state index contributed by atoms with van der Waals surface area (Å²) in [7, 11) is 1.55. The first kappa shape index (κ1) is 10.2. The molecule has 2 aromatic rings. The lowest BCUT2D eigenvalue weighted by Crippen LogP contribution is -2.28. The van der Waals surface area contributed by atoms with Crippen molar-refractivity contribution in [2.24, 2.45) is 0 Å². The summed E-state index contributed by atoms with van der Waals surface area (Å²) in [5.74, 6) is 0.658. The maximum absolute atomic E-state index is 11.1. The van der Waals surface area contributed by atoms with Crippen LogP contribution in [0.1, 0.15) is 0 Å². The molecule has 1 aromatic carbocycles. The number of fused-ring (bicyclic) bond motifs is 1. The van der Waals surface area contributed by atoms with Crippen LogP contribution in [-0.2, 0) is 0 Å². The van der Waals surface area contributed by atoms with Gasteiger partial charge in [0.05, 0.1) is 21.7 Å². The molecule has 0 amide bonds. The maximum atomic E-state index is 11.1. The van der Waals surface area contributed by atoms with E-state index in [4.69, 9.17) is 4.74 Å². The van der Waals surface area contributed by atoms with Crippen LogP contribution in [0, 0.1) is 3.57 Å². The minimum atomic E-state index is -0.661. The zero-order valence-corrected chi connectivity index (χ0v) is 9.91. The standard InChI is InChI=1S/C9H7IN2O3/c1-15-7-3-6-5(2-4(7)10)11-8(13)9(14)12-6/h2-3H,1H3,(H,11,13)(H,12,14). The molecule has 1 heterocycles. The number of halogens is 1. The van der Waals surface area contributed by atoms with Gasteiger partial charge in [-0.2, -0.15) is 0 Å². The van der Waals surface area contributed by atoms with Crippen molar-refractivity contribution in [2.45, 2.75) is 0 Å². The summed E-state index contributed by atoms with van der Waals surface area (Å²) in [6, 6.07) is 3.42. The van der Waals surface area contributed by atoms with Gasteiger partial charge in [0.2, 0.25) is 0 Å². The number of ether oxygens (including phenoxy) is 1. The van der Waals surface area contributed by atoms with Crippen LogP contribution in [0.3, 0.4) is 0 Å². The maximum Gasteiger partial charge on any atom is 0.314 e. The molecule has 2 N–H and O–H groups in total. The third-order valence-corrected chi connectivity index (χ3v) is 2.84. The van der Waals surface area contributed by atoms with Crippen molar-refractivity contribution in [3.8, 4) is 5.75 Å². The van der Waals surface area contributed by atoms with Gasteiger partial charge in [-0.05, 0) is 28.7 Å². The quantitative estimate of drug-likeness (QED) is 0.604. The predicted octanol–water partition coefficient (Wildman–Crippen LogP) is 0.830. The van der Waals surface area contributed by atoms with Crippen LogP contribution in [-0.4, -0.2) is 17.1 Å². The zero-order valence-electron chi connectivity index (χ0n) is 7.76. The summed E-state index contributed by atoms with van der Waals surface area (Å²) in [6.45, 7) is 0. The van der Waals surface area contributed by atoms with E-state index in [1.54, 1.807) is 19.2 Å². The van der Waals surface area contributed by atoms with Gasteiger partial charge in [0, 0.05) is 6.07 Å². The first-order chi connectivity index (χ1) is 7.11. The van der Waals surface area contributed by atoms with Gasteiger partial charge in [-0.15, -0.1) is 0 Å². The topological polar surface area (TPSA) is 75.0 Å². The van der Waals surface area contributed by atoms with Gasteiger partial charge in [0.1, 0.15) is 5.75 Å². The third-order valence-electron chi connectivity index (χ3n) is 1.99. The molecule has 0 atom stereocenters. The van der Waals surface area contributed by atoms with E-state index in [0.29, 0.717) is 16.8 Å². The molecule has 5 nitrogen and oxygen atoms in total. The van der Waals surface area contributed by atoms with Gasteiger partial charge in [-0.25, -0.2) is 0 Å². The van der Waals surface area contributed by atoms with E-state index < -0.39 is 11.1 Å². The summed E-state index contributed by atoms with van der Waals surface area (Å²) in [5.41, 5.74) is -0.170. The van der Waals surface area contributed by atoms with E-state index in [1.807, 2.05) is 0 Å². The van der Waals surface area contributed by atoms with Gasteiger partial charge < -0.3 is 14.7 Å². The second kappa shape index (κ2) is 3.69. The van der Waals surface area contributed by atoms with Crippen molar-refractivity contribution < 1.29 is 4.74 Å². The second-order valence-corrected chi connectivity index (χ2v) is 4.10. The molecular formula is C9H7IN2O3. The molecule has 0 aliphatic carbocycles. The summed E-state index contributed by atoms with van der Waals surface area (Å²) in [6.07, 6.45) is 0. The number of methoxy groups -OCH3 is 1. The van der Waals surface area contributed by atoms with Crippen molar-refractivity contribution in [1.29, 1.82) is 0 Å². The highest BCUT2D eigenvalue weighted by atomic mass is 127. The molecular weight excluding hydrogens is 311 g/mol. The fourth-order valence-corrected chi connectivity index (χ4v) is 1.96. The Hall–Kier alpha value is -1.31. The Labute approximate surface area is 97.6 Å². The molecule has 0 bridgehead atoms. The zero-order chi connectivity index (χ0) is 11.0. The van der Waals surface area contributed by atoms with Crippen LogP contribution in [0.4, 0.5) is 0 Å². The highest BCUT2D eigenvalue weighted by molar-refractivity contribution is 14.1. The predicted molar refractivity (Wildman–Crippen MR) is 64.5 cm³/mol. The molecule has 78 valence electrons. The van der Waals surface area contributed by atoms with Crippen LogP contribution in [0.15, 0.2) is 21.7 Å². The van der Waals surface area contributed by atoms with Gasteiger partial charge in [-0.1, -0.05) is 0 Å². The third kappa shape index (κ3) is 1.76. The average Bonchev–Trinajstić information content (AvgIpc) is 2.20. The first-order valence-electron chi connectivity index (χ1n) is 4.11. The average molecular weight is 318 g/mol. The molecule has 0 saturated carbocycles. The van der Waals surface area contributed by atoms with Gasteiger partial charge in [0.25, 0.3) is 0 Å². The fraction of sp³-hybridized carbons (Fsp3) is 0.111. The molecule has 0 spiro atoms. The number of benzene rings is 1. The van der Waals surface area contributed by atoms with Crippen LogP contribution in [0.25, 0.3) is 11.0 Å². The molecule has 0 fully saturated rings. The smallest absolute Gasteiger partial charge is 0.314 e. The lowest BCUT2D eigenvalue weighted by Gasteiger charge is -2.04.